The zero-order valence-electron chi connectivity index (χ0n) is 20.1. The second-order valence-electron chi connectivity index (χ2n) is 8.10. The minimum atomic E-state index is -1.06. The normalized spacial score (nSPS) is 11.8. The number of hydroxylamine groups is 1. The molecule has 3 aromatic rings. The summed E-state index contributed by atoms with van der Waals surface area (Å²) >= 11 is 0. The van der Waals surface area contributed by atoms with Gasteiger partial charge in [0, 0.05) is 22.5 Å². The molecule has 0 unspecified atom stereocenters. The molecule has 0 saturated carbocycles. The Kier molecular flexibility index (Phi) is 9.38. The Morgan fingerprint density at radius 1 is 0.973 bits per heavy atom. The molecule has 0 aromatic heterocycles. The average molecular weight is 503 g/mol. The zero-order valence-corrected chi connectivity index (χ0v) is 20.1. The Morgan fingerprint density at radius 2 is 1.57 bits per heavy atom. The summed E-state index contributed by atoms with van der Waals surface area (Å²) in [6.07, 6.45) is -1.05. The Bertz CT molecular complexity index is 1310. The van der Waals surface area contributed by atoms with Gasteiger partial charge in [0.15, 0.2) is 0 Å². The number of nitrogens with one attached hydrogen (secondary N) is 4. The summed E-state index contributed by atoms with van der Waals surface area (Å²) in [5.41, 5.74) is 4.94. The quantitative estimate of drug-likeness (QED) is 0.152. The van der Waals surface area contributed by atoms with Crippen LogP contribution in [0.4, 0.5) is 15.8 Å². The number of aliphatic hydroxyl groups is 1. The molecular weight excluding hydrogens is 475 g/mol. The number of rotatable bonds is 9. The van der Waals surface area contributed by atoms with Crippen molar-refractivity contribution in [3.63, 3.8) is 0 Å². The molecule has 3 aromatic carbocycles. The minimum absolute atomic E-state index is 0.0747. The van der Waals surface area contributed by atoms with Gasteiger partial charge in [-0.1, -0.05) is 42.7 Å². The lowest BCUT2D eigenvalue weighted by Crippen LogP contribution is -2.48. The van der Waals surface area contributed by atoms with Crippen LogP contribution in [0.5, 0.6) is 0 Å². The zero-order chi connectivity index (χ0) is 26.8. The lowest BCUT2D eigenvalue weighted by atomic mass is 10.1. The Morgan fingerprint density at radius 3 is 2.14 bits per heavy atom. The molecule has 0 aliphatic rings. The molecule has 6 N–H and O–H groups in total. The van der Waals surface area contributed by atoms with E-state index in [2.05, 4.69) is 34.4 Å². The van der Waals surface area contributed by atoms with Gasteiger partial charge in [-0.3, -0.25) is 14.8 Å². The maximum Gasteiger partial charge on any atom is 0.268 e. The van der Waals surface area contributed by atoms with Crippen LogP contribution < -0.4 is 21.4 Å². The fraction of sp³-hybridized carbons (Fsp3) is 0.143. The van der Waals surface area contributed by atoms with E-state index in [0.717, 1.165) is 11.1 Å². The maximum absolute atomic E-state index is 13.6. The number of halogens is 1. The summed E-state index contributed by atoms with van der Waals surface area (Å²) in [5, 5.41) is 26.9. The van der Waals surface area contributed by atoms with E-state index in [1.165, 1.54) is 18.5 Å². The number of hydrogen-bond donors (Lipinski definition) is 6. The van der Waals surface area contributed by atoms with Crippen molar-refractivity contribution in [1.82, 2.24) is 10.8 Å². The second-order valence-corrected chi connectivity index (χ2v) is 8.10. The number of amides is 2. The van der Waals surface area contributed by atoms with Crippen LogP contribution in [0.2, 0.25) is 0 Å². The number of anilines is 2. The van der Waals surface area contributed by atoms with Crippen LogP contribution in [0.1, 0.15) is 23.6 Å². The van der Waals surface area contributed by atoms with Gasteiger partial charge in [0.2, 0.25) is 5.91 Å². The van der Waals surface area contributed by atoms with E-state index in [-0.39, 0.29) is 18.1 Å². The molecule has 9 heteroatoms. The van der Waals surface area contributed by atoms with Crippen molar-refractivity contribution in [2.75, 3.05) is 17.2 Å². The highest BCUT2D eigenvalue weighted by atomic mass is 19.1. The highest BCUT2D eigenvalue weighted by Crippen LogP contribution is 2.14. The third kappa shape index (κ3) is 7.93. The van der Waals surface area contributed by atoms with Gasteiger partial charge in [0.05, 0.1) is 18.3 Å². The minimum Gasteiger partial charge on any atom is -0.391 e. The molecule has 0 heterocycles. The monoisotopic (exact) mass is 502 g/mol. The van der Waals surface area contributed by atoms with Crippen LogP contribution in [0.25, 0.3) is 5.70 Å². The average Bonchev–Trinajstić information content (AvgIpc) is 2.90. The maximum atomic E-state index is 13.6. The third-order valence-corrected chi connectivity index (χ3v) is 5.27. The van der Waals surface area contributed by atoms with Gasteiger partial charge in [0.25, 0.3) is 5.91 Å². The topological polar surface area (TPSA) is 123 Å². The Labute approximate surface area is 214 Å². The highest BCUT2D eigenvalue weighted by Gasteiger charge is 2.23. The number of carbonyl (C=O) groups is 2. The lowest BCUT2D eigenvalue weighted by Gasteiger charge is -2.21. The summed E-state index contributed by atoms with van der Waals surface area (Å²) < 4.78 is 13.6. The summed E-state index contributed by atoms with van der Waals surface area (Å²) in [7, 11) is 0. The standard InChI is InChI=1S/C28H27FN4O4/c1-18(31-27(19(2)34)28(36)33-37)22-13-9-20(10-14-22)7-8-21-11-15-23(16-12-21)32-26(35)17-30-25-6-4-3-5-24(25)29/h3-6,9-16,19,27,30-31,34,37H,1,17H2,2H3,(H,32,35)(H,33,36)/t19-,27+/m1/s1. The van der Waals surface area contributed by atoms with E-state index in [1.807, 2.05) is 0 Å². The molecule has 0 aliphatic carbocycles. The van der Waals surface area contributed by atoms with Gasteiger partial charge in [0.1, 0.15) is 11.9 Å². The van der Waals surface area contributed by atoms with E-state index in [1.54, 1.807) is 66.7 Å². The summed E-state index contributed by atoms with van der Waals surface area (Å²) in [5.74, 6) is 4.58. The van der Waals surface area contributed by atoms with Gasteiger partial charge in [-0.25, -0.2) is 9.87 Å². The van der Waals surface area contributed by atoms with Crippen molar-refractivity contribution in [3.8, 4) is 11.8 Å². The molecule has 0 bridgehead atoms. The Hall–Kier alpha value is -4.65. The van der Waals surface area contributed by atoms with Crippen molar-refractivity contribution < 1.29 is 24.3 Å². The van der Waals surface area contributed by atoms with Crippen molar-refractivity contribution in [1.29, 1.82) is 0 Å². The van der Waals surface area contributed by atoms with Gasteiger partial charge < -0.3 is 21.1 Å². The number of carbonyl (C=O) groups excluding carboxylic acids is 2. The molecule has 3 rings (SSSR count). The molecule has 0 saturated heterocycles. The highest BCUT2D eigenvalue weighted by molar-refractivity contribution is 5.93. The predicted octanol–water partition coefficient (Wildman–Crippen LogP) is 3.09. The molecule has 0 radical (unpaired) electrons. The van der Waals surface area contributed by atoms with Crippen LogP contribution in [-0.4, -0.2) is 40.8 Å². The van der Waals surface area contributed by atoms with Crippen molar-refractivity contribution in [2.45, 2.75) is 19.1 Å². The van der Waals surface area contributed by atoms with E-state index < -0.39 is 23.9 Å². The fourth-order valence-electron chi connectivity index (χ4n) is 3.27. The fourth-order valence-corrected chi connectivity index (χ4v) is 3.27. The number of benzene rings is 3. The molecule has 2 atom stereocenters. The molecule has 2 amide bonds. The second kappa shape index (κ2) is 12.9. The van der Waals surface area contributed by atoms with Crippen molar-refractivity contribution in [3.05, 3.63) is 102 Å². The summed E-state index contributed by atoms with van der Waals surface area (Å²) in [6.45, 7) is 5.22. The van der Waals surface area contributed by atoms with E-state index in [4.69, 9.17) is 5.21 Å². The van der Waals surface area contributed by atoms with E-state index >= 15 is 0 Å². The van der Waals surface area contributed by atoms with Crippen LogP contribution in [-0.2, 0) is 9.59 Å². The molecule has 190 valence electrons. The number of hydrogen-bond acceptors (Lipinski definition) is 6. The molecule has 8 nitrogen and oxygen atoms in total. The van der Waals surface area contributed by atoms with Crippen LogP contribution >= 0.6 is 0 Å². The first-order chi connectivity index (χ1) is 17.8. The Balaban J connectivity index is 1.54. The summed E-state index contributed by atoms with van der Waals surface area (Å²) in [4.78, 5) is 23.8. The van der Waals surface area contributed by atoms with Crippen LogP contribution in [0.15, 0.2) is 79.4 Å². The van der Waals surface area contributed by atoms with Gasteiger partial charge in [-0.15, -0.1) is 0 Å². The first-order valence-corrected chi connectivity index (χ1v) is 11.3. The van der Waals surface area contributed by atoms with Gasteiger partial charge in [-0.2, -0.15) is 0 Å². The van der Waals surface area contributed by atoms with E-state index in [0.29, 0.717) is 16.9 Å². The third-order valence-electron chi connectivity index (χ3n) is 5.27. The number of aliphatic hydroxyl groups excluding tert-OH is 1. The summed E-state index contributed by atoms with van der Waals surface area (Å²) in [6, 6.07) is 19.2. The first kappa shape index (κ1) is 26.9. The lowest BCUT2D eigenvalue weighted by molar-refractivity contribution is -0.133. The van der Waals surface area contributed by atoms with Crippen LogP contribution in [0, 0.1) is 17.7 Å². The van der Waals surface area contributed by atoms with Crippen molar-refractivity contribution in [2.24, 2.45) is 0 Å². The molecule has 0 fully saturated rings. The van der Waals surface area contributed by atoms with Crippen molar-refractivity contribution >= 4 is 28.9 Å². The first-order valence-electron chi connectivity index (χ1n) is 11.3. The largest absolute Gasteiger partial charge is 0.391 e. The van der Waals surface area contributed by atoms with Gasteiger partial charge in [-0.05, 0) is 61.0 Å². The SMILES string of the molecule is C=C(N[C@H](C(=O)NO)[C@@H](C)O)c1ccc(C#Cc2ccc(NC(=O)CNc3ccccc3F)cc2)cc1. The smallest absolute Gasteiger partial charge is 0.268 e. The molecule has 0 aliphatic heterocycles. The molecule has 0 spiro atoms. The predicted molar refractivity (Wildman–Crippen MR) is 140 cm³/mol. The molecule has 37 heavy (non-hydrogen) atoms. The number of para-hydroxylation sites is 1. The van der Waals surface area contributed by atoms with E-state index in [9.17, 15) is 19.1 Å². The van der Waals surface area contributed by atoms with Gasteiger partial charge >= 0.3 is 0 Å². The molecular formula is C28H27FN4O4. The van der Waals surface area contributed by atoms with Crippen LogP contribution in [0.3, 0.4) is 0 Å².